The van der Waals surface area contributed by atoms with Crippen LogP contribution in [0, 0.1) is 0 Å². The second kappa shape index (κ2) is 6.48. The first-order valence-electron chi connectivity index (χ1n) is 5.34. The van der Waals surface area contributed by atoms with Crippen molar-refractivity contribution in [2.45, 2.75) is 13.5 Å². The van der Waals surface area contributed by atoms with E-state index in [4.69, 9.17) is 9.29 Å². The lowest BCUT2D eigenvalue weighted by atomic mass is 10.3. The Balaban J connectivity index is 0.000000280. The molecule has 0 bridgehead atoms. The summed E-state index contributed by atoms with van der Waals surface area (Å²) in [6, 6.07) is 7.97. The maximum absolute atomic E-state index is 9.19. The summed E-state index contributed by atoms with van der Waals surface area (Å²) < 4.78 is 31.1. The van der Waals surface area contributed by atoms with Crippen LogP contribution in [-0.4, -0.2) is 35.8 Å². The molecule has 0 atom stereocenters. The maximum atomic E-state index is 9.19. The highest BCUT2D eigenvalue weighted by Crippen LogP contribution is 2.10. The molecule has 0 saturated carbocycles. The van der Waals surface area contributed by atoms with Gasteiger partial charge in [0.15, 0.2) is 0 Å². The molecule has 1 aromatic heterocycles. The van der Waals surface area contributed by atoms with E-state index in [1.54, 1.807) is 0 Å². The summed E-state index contributed by atoms with van der Waals surface area (Å²) in [6.45, 7) is 3.25. The first kappa shape index (κ1) is 14.6. The largest absolute Gasteiger partial charge is 0.374 e. The molecule has 0 amide bonds. The quantitative estimate of drug-likeness (QED) is 0.828. The molecule has 0 spiro atoms. The van der Waals surface area contributed by atoms with Crippen molar-refractivity contribution in [2.75, 3.05) is 12.9 Å². The maximum Gasteiger partial charge on any atom is 0.261 e. The third-order valence-electron chi connectivity index (χ3n) is 1.88. The van der Waals surface area contributed by atoms with Crippen LogP contribution in [-0.2, 0) is 21.5 Å². The Bertz CT molecular complexity index is 551. The molecule has 0 radical (unpaired) electrons. The number of benzene rings is 1. The second-order valence-corrected chi connectivity index (χ2v) is 5.04. The van der Waals surface area contributed by atoms with Crippen molar-refractivity contribution in [1.82, 2.24) is 9.97 Å². The second-order valence-electron chi connectivity index (χ2n) is 3.57. The average Bonchev–Trinajstić information content (AvgIpc) is 2.66. The number of fused-ring (bicyclic) bond motifs is 1. The lowest BCUT2D eigenvalue weighted by Crippen LogP contribution is -1.93. The van der Waals surface area contributed by atoms with Crippen LogP contribution in [0.1, 0.15) is 12.7 Å². The number of hydrogen-bond donors (Lipinski definition) is 2. The smallest absolute Gasteiger partial charge is 0.261 e. The van der Waals surface area contributed by atoms with Gasteiger partial charge in [-0.2, -0.15) is 8.42 Å². The van der Waals surface area contributed by atoms with Crippen molar-refractivity contribution < 1.29 is 17.7 Å². The van der Waals surface area contributed by atoms with E-state index in [1.165, 1.54) is 0 Å². The monoisotopic (exact) mass is 272 g/mol. The van der Waals surface area contributed by atoms with Gasteiger partial charge in [-0.3, -0.25) is 4.55 Å². The standard InChI is InChI=1S/C10H12N2O.CH4O3S/c1-2-13-7-10-11-8-5-3-4-6-9(8)12-10;1-5(2,3)4/h3-6H,2,7H2,1H3,(H,11,12);1H3,(H,2,3,4). The molecule has 7 heteroatoms. The van der Waals surface area contributed by atoms with Gasteiger partial charge in [-0.15, -0.1) is 0 Å². The number of aromatic nitrogens is 2. The summed E-state index contributed by atoms with van der Waals surface area (Å²) in [5.74, 6) is 0.892. The van der Waals surface area contributed by atoms with E-state index >= 15 is 0 Å². The average molecular weight is 272 g/mol. The minimum absolute atomic E-state index is 0.561. The Labute approximate surface area is 106 Å². The molecule has 0 aliphatic rings. The van der Waals surface area contributed by atoms with Crippen LogP contribution in [0.5, 0.6) is 0 Å². The lowest BCUT2D eigenvalue weighted by molar-refractivity contribution is 0.129. The zero-order valence-corrected chi connectivity index (χ0v) is 11.1. The zero-order chi connectivity index (χ0) is 13.6. The van der Waals surface area contributed by atoms with Gasteiger partial charge in [0.1, 0.15) is 12.4 Å². The fraction of sp³-hybridized carbons (Fsp3) is 0.364. The van der Waals surface area contributed by atoms with Crippen LogP contribution >= 0.6 is 0 Å². The summed E-state index contributed by atoms with van der Waals surface area (Å²) >= 11 is 0. The number of hydrogen-bond acceptors (Lipinski definition) is 4. The van der Waals surface area contributed by atoms with E-state index in [0.29, 0.717) is 12.9 Å². The molecule has 2 aromatic rings. The summed E-state index contributed by atoms with van der Waals surface area (Å²) in [5.41, 5.74) is 2.06. The minimum atomic E-state index is -3.67. The van der Waals surface area contributed by atoms with Gasteiger partial charge in [0, 0.05) is 6.61 Å². The molecule has 6 nitrogen and oxygen atoms in total. The van der Waals surface area contributed by atoms with E-state index in [1.807, 2.05) is 31.2 Å². The third kappa shape index (κ3) is 5.76. The molecule has 2 rings (SSSR count). The van der Waals surface area contributed by atoms with E-state index in [2.05, 4.69) is 9.97 Å². The van der Waals surface area contributed by atoms with Gasteiger partial charge in [-0.1, -0.05) is 12.1 Å². The van der Waals surface area contributed by atoms with E-state index < -0.39 is 10.1 Å². The Morgan fingerprint density at radius 1 is 1.39 bits per heavy atom. The van der Waals surface area contributed by atoms with Crippen molar-refractivity contribution in [1.29, 1.82) is 0 Å². The Morgan fingerprint density at radius 2 is 2.00 bits per heavy atom. The minimum Gasteiger partial charge on any atom is -0.374 e. The van der Waals surface area contributed by atoms with Crippen molar-refractivity contribution >= 4 is 21.2 Å². The third-order valence-corrected chi connectivity index (χ3v) is 1.88. The number of ether oxygens (including phenoxy) is 1. The molecule has 0 fully saturated rings. The number of aromatic amines is 1. The highest BCUT2D eigenvalue weighted by atomic mass is 32.2. The van der Waals surface area contributed by atoms with Crippen molar-refractivity contribution in [3.8, 4) is 0 Å². The molecule has 1 heterocycles. The fourth-order valence-electron chi connectivity index (χ4n) is 1.27. The van der Waals surface area contributed by atoms with Crippen molar-refractivity contribution in [3.05, 3.63) is 30.1 Å². The number of para-hydroxylation sites is 2. The molecular weight excluding hydrogens is 256 g/mol. The van der Waals surface area contributed by atoms with Gasteiger partial charge in [0.2, 0.25) is 0 Å². The van der Waals surface area contributed by atoms with Gasteiger partial charge >= 0.3 is 0 Å². The van der Waals surface area contributed by atoms with Gasteiger partial charge in [0.05, 0.1) is 17.3 Å². The normalized spacial score (nSPS) is 11.1. The Morgan fingerprint density at radius 3 is 2.56 bits per heavy atom. The lowest BCUT2D eigenvalue weighted by Gasteiger charge is -1.94. The summed E-state index contributed by atoms with van der Waals surface area (Å²) in [7, 11) is -3.67. The Kier molecular flexibility index (Phi) is 5.26. The summed E-state index contributed by atoms with van der Waals surface area (Å²) in [6.07, 6.45) is 0.715. The van der Waals surface area contributed by atoms with Crippen molar-refractivity contribution in [2.24, 2.45) is 0 Å². The molecule has 100 valence electrons. The van der Waals surface area contributed by atoms with Crippen LogP contribution in [0.2, 0.25) is 0 Å². The molecular formula is C11H16N2O4S. The highest BCUT2D eigenvalue weighted by Gasteiger charge is 2.00. The molecule has 0 aliphatic heterocycles. The SMILES string of the molecule is CCOCc1nc2ccccc2[nH]1.CS(=O)(=O)O. The van der Waals surface area contributed by atoms with Crippen LogP contribution in [0.25, 0.3) is 11.0 Å². The topological polar surface area (TPSA) is 92.3 Å². The molecule has 0 aliphatic carbocycles. The van der Waals surface area contributed by atoms with Crippen LogP contribution in [0.4, 0.5) is 0 Å². The number of H-pyrrole nitrogens is 1. The molecule has 2 N–H and O–H groups in total. The highest BCUT2D eigenvalue weighted by molar-refractivity contribution is 7.85. The van der Waals surface area contributed by atoms with E-state index in [9.17, 15) is 8.42 Å². The predicted molar refractivity (Wildman–Crippen MR) is 68.9 cm³/mol. The molecule has 18 heavy (non-hydrogen) atoms. The fourth-order valence-corrected chi connectivity index (χ4v) is 1.27. The number of imidazole rings is 1. The van der Waals surface area contributed by atoms with Gasteiger partial charge in [-0.25, -0.2) is 4.98 Å². The molecule has 1 aromatic carbocycles. The number of nitrogens with zero attached hydrogens (tertiary/aromatic N) is 1. The summed E-state index contributed by atoms with van der Waals surface area (Å²) in [5, 5.41) is 0. The number of nitrogens with one attached hydrogen (secondary N) is 1. The first-order valence-corrected chi connectivity index (χ1v) is 7.19. The van der Waals surface area contributed by atoms with Crippen LogP contribution in [0.3, 0.4) is 0 Å². The van der Waals surface area contributed by atoms with Crippen molar-refractivity contribution in [3.63, 3.8) is 0 Å². The van der Waals surface area contributed by atoms with E-state index in [0.717, 1.165) is 23.5 Å². The van der Waals surface area contributed by atoms with Gasteiger partial charge < -0.3 is 9.72 Å². The van der Waals surface area contributed by atoms with E-state index in [-0.39, 0.29) is 0 Å². The van der Waals surface area contributed by atoms with Gasteiger partial charge in [-0.05, 0) is 19.1 Å². The van der Waals surface area contributed by atoms with Gasteiger partial charge in [0.25, 0.3) is 10.1 Å². The van der Waals surface area contributed by atoms with Crippen LogP contribution in [0.15, 0.2) is 24.3 Å². The molecule has 0 unspecified atom stereocenters. The predicted octanol–water partition coefficient (Wildman–Crippen LogP) is 1.60. The Hall–Kier alpha value is -1.44. The number of rotatable bonds is 3. The van der Waals surface area contributed by atoms with Crippen LogP contribution < -0.4 is 0 Å². The summed E-state index contributed by atoms with van der Waals surface area (Å²) in [4.78, 5) is 7.56. The zero-order valence-electron chi connectivity index (χ0n) is 10.3. The first-order chi connectivity index (χ1) is 8.40. The molecule has 0 saturated heterocycles.